The number of hydrogen-bond acceptors (Lipinski definition) is 6. The van der Waals surface area contributed by atoms with E-state index in [0.29, 0.717) is 30.3 Å². The molecule has 7 nitrogen and oxygen atoms in total. The molecule has 2 aromatic rings. The number of sulfone groups is 1. The monoisotopic (exact) mass is 454 g/mol. The number of benzene rings is 1. The predicted molar refractivity (Wildman–Crippen MR) is 115 cm³/mol. The van der Waals surface area contributed by atoms with E-state index in [2.05, 4.69) is 9.88 Å². The summed E-state index contributed by atoms with van der Waals surface area (Å²) >= 11 is 7.37. The molecule has 2 saturated heterocycles. The highest BCUT2D eigenvalue weighted by molar-refractivity contribution is 7.99. The molecule has 29 heavy (non-hydrogen) atoms. The minimum absolute atomic E-state index is 0.0827. The summed E-state index contributed by atoms with van der Waals surface area (Å²) < 4.78 is 25.3. The first-order valence-corrected chi connectivity index (χ1v) is 12.7. The summed E-state index contributed by atoms with van der Waals surface area (Å²) in [7, 11) is -2.88. The van der Waals surface area contributed by atoms with Gasteiger partial charge in [-0.2, -0.15) is 0 Å². The lowest BCUT2D eigenvalue weighted by molar-refractivity contribution is -0.130. The molecular weight excluding hydrogens is 432 g/mol. The summed E-state index contributed by atoms with van der Waals surface area (Å²) in [4.78, 5) is 21.1. The average molecular weight is 455 g/mol. The number of carbonyl (C=O) groups is 1. The van der Waals surface area contributed by atoms with Gasteiger partial charge >= 0.3 is 0 Å². The molecule has 2 aliphatic rings. The molecule has 1 unspecified atom stereocenters. The smallest absolute Gasteiger partial charge is 0.233 e. The second-order valence-electron chi connectivity index (χ2n) is 7.32. The molecule has 1 aromatic carbocycles. The zero-order valence-corrected chi connectivity index (χ0v) is 18.3. The Morgan fingerprint density at radius 1 is 1.17 bits per heavy atom. The first-order chi connectivity index (χ1) is 13.9. The SMILES string of the molecule is O=C(CSc1nccn1-c1ccc(Cl)cc1)N1CCN(C2CCS(=O)(=O)C2)CC1. The topological polar surface area (TPSA) is 75.5 Å². The Bertz CT molecular complexity index is 970. The summed E-state index contributed by atoms with van der Waals surface area (Å²) in [5.74, 6) is 0.944. The Hall–Kier alpha value is -1.55. The molecule has 3 heterocycles. The molecule has 2 fully saturated rings. The van der Waals surface area contributed by atoms with Crippen molar-refractivity contribution in [1.82, 2.24) is 19.4 Å². The highest BCUT2D eigenvalue weighted by atomic mass is 35.5. The van der Waals surface area contributed by atoms with Gasteiger partial charge in [0.05, 0.1) is 17.3 Å². The van der Waals surface area contributed by atoms with E-state index >= 15 is 0 Å². The fraction of sp³-hybridized carbons (Fsp3) is 0.474. The number of thioether (sulfide) groups is 1. The zero-order chi connectivity index (χ0) is 20.4. The van der Waals surface area contributed by atoms with Crippen molar-refractivity contribution in [2.45, 2.75) is 17.6 Å². The third-order valence-electron chi connectivity index (χ3n) is 5.43. The molecule has 4 rings (SSSR count). The summed E-state index contributed by atoms with van der Waals surface area (Å²) in [5.41, 5.74) is 0.946. The van der Waals surface area contributed by atoms with Gasteiger partial charge < -0.3 is 4.90 Å². The van der Waals surface area contributed by atoms with E-state index in [1.807, 2.05) is 39.9 Å². The number of hydrogen-bond donors (Lipinski definition) is 0. The third-order valence-corrected chi connectivity index (χ3v) is 8.38. The average Bonchev–Trinajstić information content (AvgIpc) is 3.33. The Morgan fingerprint density at radius 2 is 1.90 bits per heavy atom. The molecule has 0 radical (unpaired) electrons. The molecule has 0 bridgehead atoms. The van der Waals surface area contributed by atoms with Crippen LogP contribution in [0.1, 0.15) is 6.42 Å². The molecule has 0 N–H and O–H groups in total. The molecule has 2 aliphatic heterocycles. The largest absolute Gasteiger partial charge is 0.339 e. The third kappa shape index (κ3) is 4.96. The second-order valence-corrected chi connectivity index (χ2v) is 10.9. The fourth-order valence-electron chi connectivity index (χ4n) is 3.81. The van der Waals surface area contributed by atoms with Gasteiger partial charge in [0.2, 0.25) is 5.91 Å². The number of piperazine rings is 1. The van der Waals surface area contributed by atoms with Gasteiger partial charge in [-0.25, -0.2) is 13.4 Å². The molecule has 0 saturated carbocycles. The quantitative estimate of drug-likeness (QED) is 0.643. The summed E-state index contributed by atoms with van der Waals surface area (Å²) in [6.07, 6.45) is 4.29. The molecule has 1 aromatic heterocycles. The summed E-state index contributed by atoms with van der Waals surface area (Å²) in [5, 5.41) is 1.43. The van der Waals surface area contributed by atoms with E-state index in [1.165, 1.54) is 11.8 Å². The predicted octanol–water partition coefficient (Wildman–Crippen LogP) is 1.95. The van der Waals surface area contributed by atoms with Crippen molar-refractivity contribution in [2.24, 2.45) is 0 Å². The van der Waals surface area contributed by atoms with Crippen LogP contribution in [-0.2, 0) is 14.6 Å². The maximum Gasteiger partial charge on any atom is 0.233 e. The first kappa shape index (κ1) is 20.7. The standard InChI is InChI=1S/C19H23ClN4O3S2/c20-15-1-3-16(4-2-15)24-7-6-21-19(24)28-13-18(25)23-10-8-22(9-11-23)17-5-12-29(26,27)14-17/h1-4,6-7,17H,5,8-14H2. The normalized spacial score (nSPS) is 22.1. The van der Waals surface area contributed by atoms with Crippen LogP contribution in [0.15, 0.2) is 41.8 Å². The van der Waals surface area contributed by atoms with Crippen molar-refractivity contribution in [3.05, 3.63) is 41.7 Å². The van der Waals surface area contributed by atoms with Crippen LogP contribution in [0.25, 0.3) is 5.69 Å². The van der Waals surface area contributed by atoms with Crippen molar-refractivity contribution in [1.29, 1.82) is 0 Å². The lowest BCUT2D eigenvalue weighted by atomic mass is 10.2. The van der Waals surface area contributed by atoms with E-state index in [0.717, 1.165) is 23.9 Å². The van der Waals surface area contributed by atoms with E-state index in [1.54, 1.807) is 6.20 Å². The van der Waals surface area contributed by atoms with Gasteiger partial charge in [-0.05, 0) is 30.7 Å². The molecule has 1 amide bonds. The zero-order valence-electron chi connectivity index (χ0n) is 15.9. The molecule has 156 valence electrons. The Kier molecular flexibility index (Phi) is 6.19. The van der Waals surface area contributed by atoms with Crippen LogP contribution < -0.4 is 0 Å². The van der Waals surface area contributed by atoms with Crippen LogP contribution in [-0.4, -0.2) is 83.2 Å². The lowest BCUT2D eigenvalue weighted by Crippen LogP contribution is -2.52. The van der Waals surface area contributed by atoms with Crippen molar-refractivity contribution >= 4 is 39.1 Å². The number of amides is 1. The van der Waals surface area contributed by atoms with Crippen LogP contribution in [0.4, 0.5) is 0 Å². The Balaban J connectivity index is 1.29. The van der Waals surface area contributed by atoms with Gasteiger partial charge in [-0.1, -0.05) is 23.4 Å². The number of halogens is 1. The number of imidazole rings is 1. The molecule has 0 spiro atoms. The number of carbonyl (C=O) groups excluding carboxylic acids is 1. The van der Waals surface area contributed by atoms with E-state index in [9.17, 15) is 13.2 Å². The second kappa shape index (κ2) is 8.67. The van der Waals surface area contributed by atoms with Crippen molar-refractivity contribution in [3.63, 3.8) is 0 Å². The van der Waals surface area contributed by atoms with Gasteiger partial charge in [0.1, 0.15) is 0 Å². The highest BCUT2D eigenvalue weighted by Crippen LogP contribution is 2.23. The highest BCUT2D eigenvalue weighted by Gasteiger charge is 2.34. The summed E-state index contributed by atoms with van der Waals surface area (Å²) in [6.45, 7) is 2.75. The maximum absolute atomic E-state index is 12.7. The number of rotatable bonds is 5. The van der Waals surface area contributed by atoms with Crippen molar-refractivity contribution in [3.8, 4) is 5.69 Å². The molecule has 10 heteroatoms. The van der Waals surface area contributed by atoms with Gasteiger partial charge in [0.25, 0.3) is 0 Å². The lowest BCUT2D eigenvalue weighted by Gasteiger charge is -2.37. The molecular formula is C19H23ClN4O3S2. The fourth-order valence-corrected chi connectivity index (χ4v) is 6.58. The number of aromatic nitrogens is 2. The maximum atomic E-state index is 12.7. The van der Waals surface area contributed by atoms with Gasteiger partial charge in [0, 0.05) is 55.3 Å². The van der Waals surface area contributed by atoms with Crippen LogP contribution in [0, 0.1) is 0 Å². The number of nitrogens with zero attached hydrogens (tertiary/aromatic N) is 4. The summed E-state index contributed by atoms with van der Waals surface area (Å²) in [6, 6.07) is 7.59. The Labute approximate surface area is 179 Å². The van der Waals surface area contributed by atoms with Crippen LogP contribution >= 0.6 is 23.4 Å². The van der Waals surface area contributed by atoms with E-state index in [4.69, 9.17) is 11.6 Å². The minimum atomic E-state index is -2.88. The van der Waals surface area contributed by atoms with Crippen LogP contribution in [0.2, 0.25) is 5.02 Å². The minimum Gasteiger partial charge on any atom is -0.339 e. The first-order valence-electron chi connectivity index (χ1n) is 9.56. The Morgan fingerprint density at radius 3 is 2.55 bits per heavy atom. The van der Waals surface area contributed by atoms with Crippen molar-refractivity contribution < 1.29 is 13.2 Å². The molecule has 1 atom stereocenters. The van der Waals surface area contributed by atoms with Crippen LogP contribution in [0.3, 0.4) is 0 Å². The van der Waals surface area contributed by atoms with Gasteiger partial charge in [-0.3, -0.25) is 14.3 Å². The van der Waals surface area contributed by atoms with E-state index < -0.39 is 9.84 Å². The van der Waals surface area contributed by atoms with Crippen molar-refractivity contribution in [2.75, 3.05) is 43.4 Å². The van der Waals surface area contributed by atoms with Gasteiger partial charge in [0.15, 0.2) is 15.0 Å². The molecule has 0 aliphatic carbocycles. The van der Waals surface area contributed by atoms with Gasteiger partial charge in [-0.15, -0.1) is 0 Å². The van der Waals surface area contributed by atoms with E-state index in [-0.39, 0.29) is 23.5 Å². The van der Waals surface area contributed by atoms with Crippen LogP contribution in [0.5, 0.6) is 0 Å².